The predicted octanol–water partition coefficient (Wildman–Crippen LogP) is 5.38. The molecule has 1 aromatic heterocycles. The Morgan fingerprint density at radius 2 is 1.84 bits per heavy atom. The highest BCUT2D eigenvalue weighted by Crippen LogP contribution is 2.41. The van der Waals surface area contributed by atoms with E-state index in [0.29, 0.717) is 0 Å². The minimum absolute atomic E-state index is 0.170. The molecule has 0 aliphatic carbocycles. The lowest BCUT2D eigenvalue weighted by molar-refractivity contribution is 0.493. The summed E-state index contributed by atoms with van der Waals surface area (Å²) >= 11 is 3.59. The fourth-order valence-corrected chi connectivity index (χ4v) is 3.17. The van der Waals surface area contributed by atoms with E-state index < -0.39 is 8.32 Å². The molecule has 4 heteroatoms. The molecule has 2 aromatic rings. The fourth-order valence-electron chi connectivity index (χ4n) is 1.60. The zero-order chi connectivity index (χ0) is 14.3. The summed E-state index contributed by atoms with van der Waals surface area (Å²) in [7, 11) is -1.86. The van der Waals surface area contributed by atoms with Crippen molar-refractivity contribution in [3.8, 4) is 5.75 Å². The van der Waals surface area contributed by atoms with E-state index in [1.54, 1.807) is 0 Å². The number of halogens is 1. The summed E-state index contributed by atoms with van der Waals surface area (Å²) in [4.78, 5) is 4.48. The van der Waals surface area contributed by atoms with E-state index in [9.17, 15) is 0 Å². The van der Waals surface area contributed by atoms with Crippen molar-refractivity contribution < 1.29 is 4.43 Å². The molecule has 0 aliphatic rings. The van der Waals surface area contributed by atoms with E-state index >= 15 is 0 Å². The highest BCUT2D eigenvalue weighted by atomic mass is 79.9. The van der Waals surface area contributed by atoms with Gasteiger partial charge in [0.05, 0.1) is 4.47 Å². The molecule has 1 heterocycles. The van der Waals surface area contributed by atoms with Crippen LogP contribution in [0, 0.1) is 0 Å². The Kier molecular flexibility index (Phi) is 3.75. The van der Waals surface area contributed by atoms with Crippen molar-refractivity contribution in [2.75, 3.05) is 0 Å². The van der Waals surface area contributed by atoms with Crippen LogP contribution < -0.4 is 4.43 Å². The van der Waals surface area contributed by atoms with Crippen molar-refractivity contribution in [2.24, 2.45) is 0 Å². The first-order chi connectivity index (χ1) is 8.72. The SMILES string of the molecule is CC(C)(C)[Si](C)(C)Oc1c(Br)ccc2cccnc12. The number of aromatic nitrogens is 1. The van der Waals surface area contributed by atoms with Crippen LogP contribution in [0.5, 0.6) is 5.75 Å². The van der Waals surface area contributed by atoms with E-state index in [2.05, 4.69) is 66.9 Å². The molecule has 2 nitrogen and oxygen atoms in total. The molecule has 2 rings (SSSR count). The molecule has 0 fully saturated rings. The van der Waals surface area contributed by atoms with Gasteiger partial charge in [0.2, 0.25) is 0 Å². The molecule has 0 bridgehead atoms. The van der Waals surface area contributed by atoms with Crippen molar-refractivity contribution in [2.45, 2.75) is 38.9 Å². The van der Waals surface area contributed by atoms with Crippen molar-refractivity contribution in [3.05, 3.63) is 34.9 Å². The van der Waals surface area contributed by atoms with Gasteiger partial charge >= 0.3 is 0 Å². The monoisotopic (exact) mass is 337 g/mol. The molecule has 0 N–H and O–H groups in total. The maximum absolute atomic E-state index is 6.44. The van der Waals surface area contributed by atoms with Gasteiger partial charge in [-0.3, -0.25) is 4.98 Å². The molecule has 0 atom stereocenters. The Labute approximate surface area is 124 Å². The number of benzene rings is 1. The maximum atomic E-state index is 6.44. The molecule has 0 aliphatic heterocycles. The molecule has 19 heavy (non-hydrogen) atoms. The highest BCUT2D eigenvalue weighted by molar-refractivity contribution is 9.10. The second-order valence-corrected chi connectivity index (χ2v) is 11.9. The average molecular weight is 338 g/mol. The molecule has 0 radical (unpaired) electrons. The van der Waals surface area contributed by atoms with Crippen LogP contribution in [0.25, 0.3) is 10.9 Å². The van der Waals surface area contributed by atoms with E-state index in [4.69, 9.17) is 4.43 Å². The lowest BCUT2D eigenvalue weighted by Crippen LogP contribution is -2.44. The molecule has 0 spiro atoms. The van der Waals surface area contributed by atoms with Crippen LogP contribution in [0.1, 0.15) is 20.8 Å². The third-order valence-electron chi connectivity index (χ3n) is 3.84. The number of hydrogen-bond donors (Lipinski definition) is 0. The van der Waals surface area contributed by atoms with Crippen molar-refractivity contribution in [1.82, 2.24) is 4.98 Å². The van der Waals surface area contributed by atoms with Crippen molar-refractivity contribution in [3.63, 3.8) is 0 Å². The molecule has 1 aromatic carbocycles. The molecule has 102 valence electrons. The van der Waals surface area contributed by atoms with Crippen LogP contribution in [0.3, 0.4) is 0 Å². The van der Waals surface area contributed by atoms with Gasteiger partial charge in [0.1, 0.15) is 11.3 Å². The minimum Gasteiger partial charge on any atom is -0.541 e. The second kappa shape index (κ2) is 4.91. The molecule has 0 amide bonds. The Hall–Kier alpha value is -0.873. The quantitative estimate of drug-likeness (QED) is 0.686. The predicted molar refractivity (Wildman–Crippen MR) is 87.3 cm³/mol. The van der Waals surface area contributed by atoms with Gasteiger partial charge in [-0.05, 0) is 46.2 Å². The van der Waals surface area contributed by atoms with Gasteiger partial charge < -0.3 is 4.43 Å². The lowest BCUT2D eigenvalue weighted by atomic mass is 10.2. The molecule has 0 saturated heterocycles. The van der Waals surface area contributed by atoms with E-state index in [1.807, 2.05) is 18.3 Å². The summed E-state index contributed by atoms with van der Waals surface area (Å²) in [6.45, 7) is 11.2. The number of rotatable bonds is 2. The summed E-state index contributed by atoms with van der Waals surface area (Å²) in [6, 6.07) is 8.11. The first kappa shape index (κ1) is 14.5. The largest absolute Gasteiger partial charge is 0.541 e. The maximum Gasteiger partial charge on any atom is 0.250 e. The van der Waals surface area contributed by atoms with Crippen LogP contribution in [0.15, 0.2) is 34.9 Å². The Balaban J connectivity index is 2.54. The van der Waals surface area contributed by atoms with Crippen LogP contribution in [0.2, 0.25) is 18.1 Å². The third kappa shape index (κ3) is 2.84. The average Bonchev–Trinajstić information content (AvgIpc) is 2.31. The molecular formula is C15H20BrNOSi. The first-order valence-electron chi connectivity index (χ1n) is 6.45. The molecule has 0 unspecified atom stereocenters. The van der Waals surface area contributed by atoms with Gasteiger partial charge in [-0.15, -0.1) is 0 Å². The van der Waals surface area contributed by atoms with Gasteiger partial charge in [0, 0.05) is 11.6 Å². The highest BCUT2D eigenvalue weighted by Gasteiger charge is 2.39. The van der Waals surface area contributed by atoms with E-state index in [-0.39, 0.29) is 5.04 Å². The zero-order valence-corrected chi connectivity index (χ0v) is 14.7. The molecular weight excluding hydrogens is 318 g/mol. The topological polar surface area (TPSA) is 22.1 Å². The van der Waals surface area contributed by atoms with Gasteiger partial charge in [-0.25, -0.2) is 0 Å². The van der Waals surface area contributed by atoms with Crippen molar-refractivity contribution >= 4 is 35.2 Å². The van der Waals surface area contributed by atoms with Gasteiger partial charge in [-0.1, -0.05) is 32.9 Å². The number of hydrogen-bond acceptors (Lipinski definition) is 2. The Bertz CT molecular complexity index is 605. The lowest BCUT2D eigenvalue weighted by Gasteiger charge is -2.36. The summed E-state index contributed by atoms with van der Waals surface area (Å²) < 4.78 is 7.42. The van der Waals surface area contributed by atoms with Crippen LogP contribution in [-0.4, -0.2) is 13.3 Å². The standard InChI is InChI=1S/C15H20BrNOSi/c1-15(2,3)19(4,5)18-14-12(16)9-8-11-7-6-10-17-13(11)14/h6-10H,1-5H3. The van der Waals surface area contributed by atoms with Crippen LogP contribution in [-0.2, 0) is 0 Å². The summed E-state index contributed by atoms with van der Waals surface area (Å²) in [5.74, 6) is 0.879. The van der Waals surface area contributed by atoms with E-state index in [0.717, 1.165) is 21.1 Å². The third-order valence-corrected chi connectivity index (χ3v) is 8.79. The Morgan fingerprint density at radius 1 is 1.16 bits per heavy atom. The number of nitrogens with zero attached hydrogens (tertiary/aromatic N) is 1. The summed E-state index contributed by atoms with van der Waals surface area (Å²) in [5, 5.41) is 1.28. The fraction of sp³-hybridized carbons (Fsp3) is 0.400. The summed E-state index contributed by atoms with van der Waals surface area (Å²) in [6.07, 6.45) is 1.81. The number of pyridine rings is 1. The molecule has 0 saturated carbocycles. The smallest absolute Gasteiger partial charge is 0.250 e. The van der Waals surface area contributed by atoms with Gasteiger partial charge in [0.25, 0.3) is 8.32 Å². The van der Waals surface area contributed by atoms with E-state index in [1.165, 1.54) is 0 Å². The Morgan fingerprint density at radius 3 is 2.47 bits per heavy atom. The van der Waals surface area contributed by atoms with Crippen LogP contribution in [0.4, 0.5) is 0 Å². The van der Waals surface area contributed by atoms with Gasteiger partial charge in [-0.2, -0.15) is 0 Å². The first-order valence-corrected chi connectivity index (χ1v) is 10.1. The van der Waals surface area contributed by atoms with Crippen LogP contribution >= 0.6 is 15.9 Å². The second-order valence-electron chi connectivity index (χ2n) is 6.31. The number of fused-ring (bicyclic) bond motifs is 1. The normalized spacial score (nSPS) is 12.7. The minimum atomic E-state index is -1.86. The summed E-state index contributed by atoms with van der Waals surface area (Å²) in [5.41, 5.74) is 0.932. The van der Waals surface area contributed by atoms with Gasteiger partial charge in [0.15, 0.2) is 0 Å². The van der Waals surface area contributed by atoms with Crippen molar-refractivity contribution in [1.29, 1.82) is 0 Å². The zero-order valence-electron chi connectivity index (χ0n) is 12.1.